The Morgan fingerprint density at radius 2 is 2.12 bits per heavy atom. The number of nitrogens with one attached hydrogen (secondary N) is 1. The van der Waals surface area contributed by atoms with Gasteiger partial charge in [-0.05, 0) is 50.5 Å². The average molecular weight is 344 g/mol. The number of thiophene rings is 1. The van der Waals surface area contributed by atoms with Gasteiger partial charge in [-0.15, -0.1) is 11.3 Å². The number of carbonyl (C=O) groups is 1. The zero-order chi connectivity index (χ0) is 16.9. The molecule has 1 aromatic carbocycles. The molecule has 0 radical (unpaired) electrons. The molecule has 2 heterocycles. The smallest absolute Gasteiger partial charge is 0.261 e. The summed E-state index contributed by atoms with van der Waals surface area (Å²) in [5.41, 5.74) is 2.64. The predicted octanol–water partition coefficient (Wildman–Crippen LogP) is 3.99. The lowest BCUT2D eigenvalue weighted by molar-refractivity contribution is 0.0757. The highest BCUT2D eigenvalue weighted by atomic mass is 32.1. The first kappa shape index (κ1) is 17.0. The largest absolute Gasteiger partial charge is 0.379 e. The molecule has 5 heteroatoms. The van der Waals surface area contributed by atoms with Gasteiger partial charge in [0.2, 0.25) is 0 Å². The first-order chi connectivity index (χ1) is 11.6. The van der Waals surface area contributed by atoms with Crippen molar-refractivity contribution < 1.29 is 9.53 Å². The monoisotopic (exact) mass is 344 g/mol. The van der Waals surface area contributed by atoms with Gasteiger partial charge >= 0.3 is 0 Å². The maximum Gasteiger partial charge on any atom is 0.261 e. The van der Waals surface area contributed by atoms with E-state index in [0.717, 1.165) is 29.3 Å². The Balaban J connectivity index is 1.55. The fourth-order valence-corrected chi connectivity index (χ4v) is 3.80. The molecule has 0 atom stereocenters. The summed E-state index contributed by atoms with van der Waals surface area (Å²) in [5.74, 6) is 0.00304. The Morgan fingerprint density at radius 3 is 2.96 bits per heavy atom. The third-order valence-electron chi connectivity index (χ3n) is 4.03. The summed E-state index contributed by atoms with van der Waals surface area (Å²) in [6.45, 7) is 6.33. The molecule has 0 bridgehead atoms. The van der Waals surface area contributed by atoms with E-state index in [1.807, 2.05) is 26.0 Å². The minimum Gasteiger partial charge on any atom is -0.379 e. The van der Waals surface area contributed by atoms with Crippen LogP contribution in [0.1, 0.15) is 35.5 Å². The van der Waals surface area contributed by atoms with Crippen LogP contribution in [0.25, 0.3) is 0 Å². The Hall–Kier alpha value is -1.85. The Kier molecular flexibility index (Phi) is 5.53. The number of anilines is 2. The summed E-state index contributed by atoms with van der Waals surface area (Å²) in [6, 6.07) is 12.4. The van der Waals surface area contributed by atoms with Crippen LogP contribution < -0.4 is 10.2 Å². The Bertz CT molecular complexity index is 696. The van der Waals surface area contributed by atoms with E-state index in [4.69, 9.17) is 4.74 Å². The predicted molar refractivity (Wildman–Crippen MR) is 99.5 cm³/mol. The van der Waals surface area contributed by atoms with Crippen LogP contribution in [-0.4, -0.2) is 31.7 Å². The minimum atomic E-state index is 0.00304. The van der Waals surface area contributed by atoms with Gasteiger partial charge in [0.25, 0.3) is 5.91 Å². The van der Waals surface area contributed by atoms with Gasteiger partial charge < -0.3 is 15.0 Å². The number of nitrogens with zero attached hydrogens (tertiary/aromatic N) is 1. The van der Waals surface area contributed by atoms with Gasteiger partial charge in [-0.25, -0.2) is 0 Å². The van der Waals surface area contributed by atoms with E-state index in [1.165, 1.54) is 11.3 Å². The molecule has 0 aliphatic carbocycles. The van der Waals surface area contributed by atoms with Crippen molar-refractivity contribution in [2.45, 2.75) is 32.8 Å². The van der Waals surface area contributed by atoms with E-state index >= 15 is 0 Å². The molecule has 1 N–H and O–H groups in total. The van der Waals surface area contributed by atoms with Crippen molar-refractivity contribution in [1.82, 2.24) is 5.32 Å². The standard InChI is InChI=1S/C19H24N2O2S/c1-14(2)23-13-5-11-20-19(22)17-8-9-18(24-17)21-12-10-15-6-3-4-7-16(15)21/h3-4,6-9,14H,5,10-13H2,1-2H3,(H,20,22). The van der Waals surface area contributed by atoms with E-state index in [-0.39, 0.29) is 12.0 Å². The first-order valence-electron chi connectivity index (χ1n) is 8.50. The molecule has 1 aliphatic heterocycles. The SMILES string of the molecule is CC(C)OCCCNC(=O)c1ccc(N2CCc3ccccc32)s1. The molecule has 3 rings (SSSR count). The van der Waals surface area contributed by atoms with Crippen molar-refractivity contribution in [2.75, 3.05) is 24.6 Å². The lowest BCUT2D eigenvalue weighted by atomic mass is 10.2. The second-order valence-corrected chi connectivity index (χ2v) is 7.26. The number of amides is 1. The van der Waals surface area contributed by atoms with Crippen molar-refractivity contribution in [3.63, 3.8) is 0 Å². The highest BCUT2D eigenvalue weighted by Gasteiger charge is 2.21. The molecule has 24 heavy (non-hydrogen) atoms. The highest BCUT2D eigenvalue weighted by Crippen LogP contribution is 2.37. The molecule has 0 spiro atoms. The Labute approximate surface area is 147 Å². The quantitative estimate of drug-likeness (QED) is 0.772. The van der Waals surface area contributed by atoms with Crippen molar-refractivity contribution in [2.24, 2.45) is 0 Å². The van der Waals surface area contributed by atoms with Gasteiger partial charge in [0.1, 0.15) is 0 Å². The summed E-state index contributed by atoms with van der Waals surface area (Å²) in [7, 11) is 0. The number of hydrogen-bond donors (Lipinski definition) is 1. The zero-order valence-corrected chi connectivity index (χ0v) is 15.1. The number of rotatable bonds is 7. The average Bonchev–Trinajstić information content (AvgIpc) is 3.20. The van der Waals surface area contributed by atoms with Gasteiger partial charge in [0.05, 0.1) is 16.0 Å². The third kappa shape index (κ3) is 3.97. The fourth-order valence-electron chi connectivity index (χ4n) is 2.84. The molecule has 0 fully saturated rings. The molecule has 0 saturated carbocycles. The van der Waals surface area contributed by atoms with Gasteiger partial charge in [0.15, 0.2) is 0 Å². The molecule has 1 aliphatic rings. The summed E-state index contributed by atoms with van der Waals surface area (Å²) >= 11 is 1.55. The number of carbonyl (C=O) groups excluding carboxylic acids is 1. The van der Waals surface area contributed by atoms with Crippen molar-refractivity contribution >= 4 is 27.9 Å². The molecule has 2 aromatic rings. The maximum atomic E-state index is 12.3. The van der Waals surface area contributed by atoms with E-state index in [1.54, 1.807) is 11.3 Å². The normalized spacial score (nSPS) is 13.4. The van der Waals surface area contributed by atoms with Crippen LogP contribution in [0.3, 0.4) is 0 Å². The highest BCUT2D eigenvalue weighted by molar-refractivity contribution is 7.18. The van der Waals surface area contributed by atoms with Crippen molar-refractivity contribution in [1.29, 1.82) is 0 Å². The lowest BCUT2D eigenvalue weighted by Crippen LogP contribution is -2.24. The second kappa shape index (κ2) is 7.81. The maximum absolute atomic E-state index is 12.3. The number of ether oxygens (including phenoxy) is 1. The molecule has 1 aromatic heterocycles. The summed E-state index contributed by atoms with van der Waals surface area (Å²) in [5, 5.41) is 4.10. The van der Waals surface area contributed by atoms with E-state index in [0.29, 0.717) is 13.2 Å². The number of fused-ring (bicyclic) bond motifs is 1. The summed E-state index contributed by atoms with van der Waals surface area (Å²) < 4.78 is 5.48. The molecule has 4 nitrogen and oxygen atoms in total. The fraction of sp³-hybridized carbons (Fsp3) is 0.421. The van der Waals surface area contributed by atoms with Gasteiger partial charge in [-0.2, -0.15) is 0 Å². The van der Waals surface area contributed by atoms with E-state index in [9.17, 15) is 4.79 Å². The second-order valence-electron chi connectivity index (χ2n) is 6.20. The van der Waals surface area contributed by atoms with Crippen LogP contribution in [-0.2, 0) is 11.2 Å². The van der Waals surface area contributed by atoms with Crippen molar-refractivity contribution in [3.8, 4) is 0 Å². The number of benzene rings is 1. The molecule has 0 unspecified atom stereocenters. The van der Waals surface area contributed by atoms with Crippen LogP contribution in [0, 0.1) is 0 Å². The molecule has 1 amide bonds. The molecule has 128 valence electrons. The third-order valence-corrected chi connectivity index (χ3v) is 5.13. The Morgan fingerprint density at radius 1 is 1.29 bits per heavy atom. The first-order valence-corrected chi connectivity index (χ1v) is 9.32. The van der Waals surface area contributed by atoms with Crippen LogP contribution in [0.4, 0.5) is 10.7 Å². The lowest BCUT2D eigenvalue weighted by Gasteiger charge is -2.16. The molecular formula is C19H24N2O2S. The van der Waals surface area contributed by atoms with E-state index in [2.05, 4.69) is 34.5 Å². The minimum absolute atomic E-state index is 0.00304. The summed E-state index contributed by atoms with van der Waals surface area (Å²) in [4.78, 5) is 15.3. The van der Waals surface area contributed by atoms with E-state index < -0.39 is 0 Å². The molecule has 0 saturated heterocycles. The summed E-state index contributed by atoms with van der Waals surface area (Å²) in [6.07, 6.45) is 2.14. The number of para-hydroxylation sites is 1. The van der Waals surface area contributed by atoms with Crippen LogP contribution >= 0.6 is 11.3 Å². The zero-order valence-electron chi connectivity index (χ0n) is 14.2. The van der Waals surface area contributed by atoms with Crippen LogP contribution in [0.15, 0.2) is 36.4 Å². The van der Waals surface area contributed by atoms with Gasteiger partial charge in [-0.1, -0.05) is 18.2 Å². The molecular weight excluding hydrogens is 320 g/mol. The van der Waals surface area contributed by atoms with Crippen molar-refractivity contribution in [3.05, 3.63) is 46.8 Å². The van der Waals surface area contributed by atoms with Gasteiger partial charge in [0, 0.05) is 25.4 Å². The van der Waals surface area contributed by atoms with Gasteiger partial charge in [-0.3, -0.25) is 4.79 Å². The van der Waals surface area contributed by atoms with Crippen LogP contribution in [0.5, 0.6) is 0 Å². The number of hydrogen-bond acceptors (Lipinski definition) is 4. The van der Waals surface area contributed by atoms with Crippen LogP contribution in [0.2, 0.25) is 0 Å². The topological polar surface area (TPSA) is 41.6 Å².